The number of halogens is 2. The Hall–Kier alpha value is -1.29. The van der Waals surface area contributed by atoms with Crippen LogP contribution in [0.15, 0.2) is 0 Å². The number of fused-ring (bicyclic) bond motifs is 1. The smallest absolute Gasteiger partial charge is 0.458 e. The monoisotopic (exact) mass is 340 g/mol. The Morgan fingerprint density at radius 1 is 1.45 bits per heavy atom. The molecular formula is C12H14F2O7S. The minimum Gasteiger partial charge on any atom is -0.458 e. The molecule has 1 N–H and O–H groups in total. The van der Waals surface area contributed by atoms with Gasteiger partial charge in [-0.05, 0) is 11.8 Å². The summed E-state index contributed by atoms with van der Waals surface area (Å²) in [6, 6.07) is 0. The summed E-state index contributed by atoms with van der Waals surface area (Å²) in [4.78, 5) is 23.3. The van der Waals surface area contributed by atoms with Crippen molar-refractivity contribution in [2.45, 2.75) is 37.7 Å². The molecule has 3 fully saturated rings. The molecule has 0 aromatic carbocycles. The predicted molar refractivity (Wildman–Crippen MR) is 65.1 cm³/mol. The first-order valence-electron chi connectivity index (χ1n) is 6.65. The van der Waals surface area contributed by atoms with Gasteiger partial charge in [0.15, 0.2) is 0 Å². The first kappa shape index (κ1) is 15.6. The Bertz CT molecular complexity index is 656. The summed E-state index contributed by atoms with van der Waals surface area (Å²) in [6.07, 6.45) is -1.50. The number of ether oxygens (including phenoxy) is 2. The van der Waals surface area contributed by atoms with E-state index in [1.807, 2.05) is 0 Å². The molecule has 2 saturated carbocycles. The summed E-state index contributed by atoms with van der Waals surface area (Å²) in [7, 11) is -5.93. The van der Waals surface area contributed by atoms with Crippen LogP contribution in [0.3, 0.4) is 0 Å². The molecule has 124 valence electrons. The van der Waals surface area contributed by atoms with Crippen molar-refractivity contribution in [3.8, 4) is 0 Å². The lowest BCUT2D eigenvalue weighted by Crippen LogP contribution is -2.48. The van der Waals surface area contributed by atoms with Crippen LogP contribution in [-0.4, -0.2) is 42.4 Å². The van der Waals surface area contributed by atoms with Crippen molar-refractivity contribution in [1.82, 2.24) is 0 Å². The minimum atomic E-state index is -5.93. The van der Waals surface area contributed by atoms with Gasteiger partial charge in [0.2, 0.25) is 0 Å². The summed E-state index contributed by atoms with van der Waals surface area (Å²) in [5.41, 5.74) is -0.604. The molecule has 3 aliphatic rings. The van der Waals surface area contributed by atoms with Crippen LogP contribution in [0.25, 0.3) is 0 Å². The zero-order chi connectivity index (χ0) is 16.7. The van der Waals surface area contributed by atoms with E-state index in [2.05, 4.69) is 4.74 Å². The largest absolute Gasteiger partial charge is 0.465 e. The Morgan fingerprint density at radius 3 is 2.59 bits per heavy atom. The van der Waals surface area contributed by atoms with Gasteiger partial charge in [0.05, 0.1) is 5.92 Å². The number of rotatable bonds is 3. The molecular weight excluding hydrogens is 326 g/mol. The third-order valence-corrected chi connectivity index (χ3v) is 5.98. The van der Waals surface area contributed by atoms with Gasteiger partial charge in [0, 0.05) is 11.8 Å². The fourth-order valence-electron chi connectivity index (χ4n) is 4.16. The molecule has 5 atom stereocenters. The molecule has 0 radical (unpaired) electrons. The van der Waals surface area contributed by atoms with Gasteiger partial charge in [0.25, 0.3) is 0 Å². The van der Waals surface area contributed by atoms with Gasteiger partial charge in [0.1, 0.15) is 12.2 Å². The van der Waals surface area contributed by atoms with Gasteiger partial charge in [-0.15, -0.1) is 0 Å². The lowest BCUT2D eigenvalue weighted by atomic mass is 9.68. The number of hydrogen-bond acceptors (Lipinski definition) is 6. The zero-order valence-corrected chi connectivity index (χ0v) is 12.5. The molecule has 0 spiro atoms. The van der Waals surface area contributed by atoms with Crippen molar-refractivity contribution in [2.75, 3.05) is 0 Å². The van der Waals surface area contributed by atoms with Crippen LogP contribution in [0.2, 0.25) is 0 Å². The second-order valence-corrected chi connectivity index (χ2v) is 8.03. The molecule has 10 heteroatoms. The van der Waals surface area contributed by atoms with Gasteiger partial charge >= 0.3 is 27.3 Å². The molecule has 4 unspecified atom stereocenters. The van der Waals surface area contributed by atoms with Crippen molar-refractivity contribution in [3.05, 3.63) is 0 Å². The van der Waals surface area contributed by atoms with E-state index < -0.39 is 44.9 Å². The van der Waals surface area contributed by atoms with E-state index in [0.717, 1.165) is 0 Å². The van der Waals surface area contributed by atoms with Crippen molar-refractivity contribution in [3.63, 3.8) is 0 Å². The average molecular weight is 340 g/mol. The topological polar surface area (TPSA) is 107 Å². The van der Waals surface area contributed by atoms with E-state index in [9.17, 15) is 26.8 Å². The van der Waals surface area contributed by atoms with Gasteiger partial charge < -0.3 is 9.47 Å². The Balaban J connectivity index is 1.86. The quantitative estimate of drug-likeness (QED) is 0.592. The molecule has 1 saturated heterocycles. The van der Waals surface area contributed by atoms with Crippen molar-refractivity contribution >= 4 is 22.1 Å². The van der Waals surface area contributed by atoms with Crippen LogP contribution >= 0.6 is 0 Å². The molecule has 2 aliphatic carbocycles. The fourth-order valence-corrected chi connectivity index (χ4v) is 4.42. The number of carbonyl (C=O) groups excluding carboxylic acids is 2. The molecule has 0 aromatic rings. The van der Waals surface area contributed by atoms with E-state index in [1.54, 1.807) is 13.8 Å². The Kier molecular flexibility index (Phi) is 2.95. The lowest BCUT2D eigenvalue weighted by molar-refractivity contribution is -0.178. The van der Waals surface area contributed by atoms with Crippen LogP contribution in [-0.2, 0) is 29.2 Å². The highest BCUT2D eigenvalue weighted by molar-refractivity contribution is 7.87. The van der Waals surface area contributed by atoms with E-state index >= 15 is 0 Å². The van der Waals surface area contributed by atoms with E-state index in [0.29, 0.717) is 6.42 Å². The van der Waals surface area contributed by atoms with Crippen molar-refractivity contribution < 1.29 is 40.8 Å². The van der Waals surface area contributed by atoms with Crippen molar-refractivity contribution in [1.29, 1.82) is 0 Å². The molecule has 22 heavy (non-hydrogen) atoms. The molecule has 0 aromatic heterocycles. The third-order valence-electron chi connectivity index (χ3n) is 5.16. The number of hydrogen-bond donors (Lipinski definition) is 1. The van der Waals surface area contributed by atoms with Gasteiger partial charge in [-0.1, -0.05) is 13.8 Å². The molecule has 2 bridgehead atoms. The average Bonchev–Trinajstić information content (AvgIpc) is 2.90. The molecule has 7 nitrogen and oxygen atoms in total. The SMILES string of the molecule is CC1(C)C2CC3C1C(=O)O[C@H]3C2OC(=O)C(F)(F)S(=O)(=O)O. The zero-order valence-electron chi connectivity index (χ0n) is 11.7. The molecule has 1 heterocycles. The summed E-state index contributed by atoms with van der Waals surface area (Å²) >= 11 is 0. The van der Waals surface area contributed by atoms with Crippen LogP contribution < -0.4 is 0 Å². The predicted octanol–water partition coefficient (Wildman–Crippen LogP) is 0.596. The van der Waals surface area contributed by atoms with Crippen LogP contribution in [0.1, 0.15) is 20.3 Å². The highest BCUT2D eigenvalue weighted by Gasteiger charge is 2.72. The van der Waals surface area contributed by atoms with Gasteiger partial charge in [-0.3, -0.25) is 9.35 Å². The number of esters is 2. The molecule has 3 rings (SSSR count). The Morgan fingerprint density at radius 2 is 2.05 bits per heavy atom. The first-order valence-corrected chi connectivity index (χ1v) is 8.09. The number of alkyl halides is 2. The van der Waals surface area contributed by atoms with Crippen LogP contribution in [0, 0.1) is 23.2 Å². The lowest BCUT2D eigenvalue weighted by Gasteiger charge is -2.37. The second-order valence-electron chi connectivity index (χ2n) is 6.57. The summed E-state index contributed by atoms with van der Waals surface area (Å²) in [5.74, 6) is -3.81. The van der Waals surface area contributed by atoms with Gasteiger partial charge in [-0.2, -0.15) is 17.2 Å². The van der Waals surface area contributed by atoms with E-state index in [-0.39, 0.29) is 17.8 Å². The minimum absolute atomic E-state index is 0.232. The highest BCUT2D eigenvalue weighted by atomic mass is 32.2. The molecule has 0 amide bonds. The second kappa shape index (κ2) is 4.16. The Labute approximate surface area is 124 Å². The van der Waals surface area contributed by atoms with Gasteiger partial charge in [-0.25, -0.2) is 4.79 Å². The maximum absolute atomic E-state index is 13.3. The fraction of sp³-hybridized carbons (Fsp3) is 0.833. The number of carbonyl (C=O) groups is 2. The summed E-state index contributed by atoms with van der Waals surface area (Å²) in [6.45, 7) is 3.51. The summed E-state index contributed by atoms with van der Waals surface area (Å²) < 4.78 is 66.0. The third kappa shape index (κ3) is 1.76. The maximum Gasteiger partial charge on any atom is 0.465 e. The highest BCUT2D eigenvalue weighted by Crippen LogP contribution is 2.64. The summed E-state index contributed by atoms with van der Waals surface area (Å²) in [5, 5.41) is -5.05. The first-order chi connectivity index (χ1) is 9.89. The van der Waals surface area contributed by atoms with E-state index in [1.165, 1.54) is 0 Å². The van der Waals surface area contributed by atoms with E-state index in [4.69, 9.17) is 9.29 Å². The van der Waals surface area contributed by atoms with Crippen molar-refractivity contribution in [2.24, 2.45) is 23.2 Å². The van der Waals surface area contributed by atoms with Crippen LogP contribution in [0.5, 0.6) is 0 Å². The maximum atomic E-state index is 13.3. The molecule has 1 aliphatic heterocycles. The standard InChI is InChI=1S/C12H14F2O7S/c1-11(2)5-3-4-6(11)9(15)20-7(4)8(5)21-10(16)12(13,14)22(17,18)19/h4-8H,3H2,1-2H3,(H,17,18,19)/t4?,5?,6?,7-,8?/m1/s1. The van der Waals surface area contributed by atoms with Crippen LogP contribution in [0.4, 0.5) is 8.78 Å². The normalized spacial score (nSPS) is 39.0.